The van der Waals surface area contributed by atoms with E-state index < -0.39 is 0 Å². The maximum absolute atomic E-state index is 12.8. The van der Waals surface area contributed by atoms with Crippen LogP contribution in [0.3, 0.4) is 0 Å². The molecule has 122 valence electrons. The van der Waals surface area contributed by atoms with Crippen LogP contribution < -0.4 is 0 Å². The quantitative estimate of drug-likeness (QED) is 0.837. The van der Waals surface area contributed by atoms with Crippen LogP contribution in [-0.4, -0.2) is 64.1 Å². The van der Waals surface area contributed by atoms with E-state index >= 15 is 0 Å². The van der Waals surface area contributed by atoms with Gasteiger partial charge in [-0.3, -0.25) is 9.69 Å². The van der Waals surface area contributed by atoms with E-state index in [9.17, 15) is 4.79 Å². The summed E-state index contributed by atoms with van der Waals surface area (Å²) in [4.78, 5) is 21.6. The van der Waals surface area contributed by atoms with Crippen molar-refractivity contribution in [2.24, 2.45) is 13.0 Å². The van der Waals surface area contributed by atoms with E-state index in [1.165, 1.54) is 0 Å². The molecule has 3 rings (SSSR count). The van der Waals surface area contributed by atoms with Gasteiger partial charge in [-0.25, -0.2) is 4.98 Å². The molecule has 2 fully saturated rings. The molecule has 6 nitrogen and oxygen atoms in total. The molecule has 1 amide bonds. The Morgan fingerprint density at radius 2 is 2.27 bits per heavy atom. The molecule has 2 aliphatic rings. The van der Waals surface area contributed by atoms with Crippen molar-refractivity contribution in [2.45, 2.75) is 32.4 Å². The minimum absolute atomic E-state index is 0.153. The van der Waals surface area contributed by atoms with E-state index in [1.54, 1.807) is 0 Å². The van der Waals surface area contributed by atoms with Crippen molar-refractivity contribution in [3.8, 4) is 0 Å². The zero-order valence-electron chi connectivity index (χ0n) is 13.7. The standard InChI is InChI=1S/C16H26N4O2/c1-4-19-8-9-20(16(21)14-12(2)5-10-22-14)11-13(19)15-17-6-7-18(15)3/h6-7,12-14H,4-5,8-11H2,1-3H3. The second-order valence-electron chi connectivity index (χ2n) is 6.38. The Morgan fingerprint density at radius 1 is 1.45 bits per heavy atom. The topological polar surface area (TPSA) is 50.6 Å². The number of nitrogens with zero attached hydrogens (tertiary/aromatic N) is 4. The third-order valence-electron chi connectivity index (χ3n) is 5.00. The van der Waals surface area contributed by atoms with Gasteiger partial charge in [-0.2, -0.15) is 0 Å². The maximum atomic E-state index is 12.8. The lowest BCUT2D eigenvalue weighted by Gasteiger charge is -2.41. The fourth-order valence-corrected chi connectivity index (χ4v) is 3.53. The number of amides is 1. The van der Waals surface area contributed by atoms with Crippen LogP contribution in [-0.2, 0) is 16.6 Å². The molecule has 0 aromatic carbocycles. The van der Waals surface area contributed by atoms with E-state index in [4.69, 9.17) is 4.74 Å². The second kappa shape index (κ2) is 6.38. The highest BCUT2D eigenvalue weighted by molar-refractivity contribution is 5.81. The number of ether oxygens (including phenoxy) is 1. The Balaban J connectivity index is 1.75. The molecule has 0 aliphatic carbocycles. The molecule has 0 spiro atoms. The molecule has 0 radical (unpaired) electrons. The summed E-state index contributed by atoms with van der Waals surface area (Å²) in [5.41, 5.74) is 0. The molecule has 6 heteroatoms. The monoisotopic (exact) mass is 306 g/mol. The summed E-state index contributed by atoms with van der Waals surface area (Å²) in [7, 11) is 2.01. The number of carbonyl (C=O) groups is 1. The largest absolute Gasteiger partial charge is 0.368 e. The third kappa shape index (κ3) is 2.77. The van der Waals surface area contributed by atoms with E-state index in [-0.39, 0.29) is 18.1 Å². The van der Waals surface area contributed by atoms with Crippen LogP contribution in [0.25, 0.3) is 0 Å². The smallest absolute Gasteiger partial charge is 0.252 e. The van der Waals surface area contributed by atoms with E-state index in [0.29, 0.717) is 19.1 Å². The third-order valence-corrected chi connectivity index (χ3v) is 5.00. The van der Waals surface area contributed by atoms with Gasteiger partial charge in [0.15, 0.2) is 0 Å². The van der Waals surface area contributed by atoms with Gasteiger partial charge in [0.25, 0.3) is 5.91 Å². The average molecular weight is 306 g/mol. The fourth-order valence-electron chi connectivity index (χ4n) is 3.53. The molecule has 0 saturated carbocycles. The van der Waals surface area contributed by atoms with Gasteiger partial charge in [-0.1, -0.05) is 13.8 Å². The number of likely N-dealkylation sites (N-methyl/N-ethyl adjacent to an activating group) is 1. The maximum Gasteiger partial charge on any atom is 0.252 e. The van der Waals surface area contributed by atoms with E-state index in [1.807, 2.05) is 24.3 Å². The van der Waals surface area contributed by atoms with Gasteiger partial charge in [0.05, 0.1) is 6.04 Å². The molecule has 22 heavy (non-hydrogen) atoms. The Morgan fingerprint density at radius 3 is 2.86 bits per heavy atom. The van der Waals surface area contributed by atoms with Crippen molar-refractivity contribution in [1.29, 1.82) is 0 Å². The van der Waals surface area contributed by atoms with Gasteiger partial charge in [-0.15, -0.1) is 0 Å². The van der Waals surface area contributed by atoms with Crippen LogP contribution >= 0.6 is 0 Å². The van der Waals surface area contributed by atoms with Crippen molar-refractivity contribution in [3.05, 3.63) is 18.2 Å². The summed E-state index contributed by atoms with van der Waals surface area (Å²) in [5, 5.41) is 0. The van der Waals surface area contributed by atoms with Gasteiger partial charge in [0.1, 0.15) is 11.9 Å². The highest BCUT2D eigenvalue weighted by Gasteiger charge is 2.38. The van der Waals surface area contributed by atoms with Gasteiger partial charge in [0.2, 0.25) is 0 Å². The van der Waals surface area contributed by atoms with Crippen molar-refractivity contribution in [2.75, 3.05) is 32.8 Å². The zero-order valence-corrected chi connectivity index (χ0v) is 13.7. The lowest BCUT2D eigenvalue weighted by Crippen LogP contribution is -2.53. The number of imidazole rings is 1. The van der Waals surface area contributed by atoms with Crippen LogP contribution in [0.15, 0.2) is 12.4 Å². The average Bonchev–Trinajstić information content (AvgIpc) is 3.14. The summed E-state index contributed by atoms with van der Waals surface area (Å²) in [6.07, 6.45) is 4.52. The summed E-state index contributed by atoms with van der Waals surface area (Å²) in [6, 6.07) is 0.166. The number of carbonyl (C=O) groups excluding carboxylic acids is 1. The second-order valence-corrected chi connectivity index (χ2v) is 6.38. The van der Waals surface area contributed by atoms with Gasteiger partial charge in [-0.05, 0) is 18.9 Å². The number of hydrogen-bond acceptors (Lipinski definition) is 4. The molecule has 3 heterocycles. The van der Waals surface area contributed by atoms with E-state index in [0.717, 1.165) is 31.9 Å². The highest BCUT2D eigenvalue weighted by atomic mass is 16.5. The van der Waals surface area contributed by atoms with Crippen molar-refractivity contribution in [3.63, 3.8) is 0 Å². The van der Waals surface area contributed by atoms with Gasteiger partial charge >= 0.3 is 0 Å². The molecule has 1 aromatic rings. The normalized spacial score (nSPS) is 30.0. The Hall–Kier alpha value is -1.40. The molecular formula is C16H26N4O2. The molecule has 0 N–H and O–H groups in total. The number of hydrogen-bond donors (Lipinski definition) is 0. The van der Waals surface area contributed by atoms with E-state index in [2.05, 4.69) is 28.3 Å². The minimum Gasteiger partial charge on any atom is -0.368 e. The molecule has 3 atom stereocenters. The number of piperazine rings is 1. The first kappa shape index (κ1) is 15.5. The Labute approximate surface area is 132 Å². The van der Waals surface area contributed by atoms with Crippen molar-refractivity contribution < 1.29 is 9.53 Å². The molecule has 2 aliphatic heterocycles. The molecule has 2 saturated heterocycles. The summed E-state index contributed by atoms with van der Waals surface area (Å²) >= 11 is 0. The first-order valence-electron chi connectivity index (χ1n) is 8.23. The van der Waals surface area contributed by atoms with Gasteiger partial charge in [0, 0.05) is 45.7 Å². The summed E-state index contributed by atoms with van der Waals surface area (Å²) < 4.78 is 7.71. The summed E-state index contributed by atoms with van der Waals surface area (Å²) in [5.74, 6) is 1.50. The number of aryl methyl sites for hydroxylation is 1. The first-order chi connectivity index (χ1) is 10.6. The lowest BCUT2D eigenvalue weighted by molar-refractivity contribution is -0.145. The fraction of sp³-hybridized carbons (Fsp3) is 0.750. The Bertz CT molecular complexity index is 530. The van der Waals surface area contributed by atoms with Crippen LogP contribution in [0.2, 0.25) is 0 Å². The van der Waals surface area contributed by atoms with Crippen LogP contribution in [0.1, 0.15) is 32.1 Å². The van der Waals surface area contributed by atoms with Crippen molar-refractivity contribution >= 4 is 5.91 Å². The predicted molar refractivity (Wildman–Crippen MR) is 83.3 cm³/mol. The van der Waals surface area contributed by atoms with Crippen LogP contribution in [0.5, 0.6) is 0 Å². The first-order valence-corrected chi connectivity index (χ1v) is 8.23. The molecule has 0 bridgehead atoms. The molecule has 3 unspecified atom stereocenters. The lowest BCUT2D eigenvalue weighted by atomic mass is 10.0. The van der Waals surface area contributed by atoms with Crippen LogP contribution in [0, 0.1) is 5.92 Å². The highest BCUT2D eigenvalue weighted by Crippen LogP contribution is 2.27. The minimum atomic E-state index is -0.254. The van der Waals surface area contributed by atoms with Crippen LogP contribution in [0.4, 0.5) is 0 Å². The number of aromatic nitrogens is 2. The van der Waals surface area contributed by atoms with Gasteiger partial charge < -0.3 is 14.2 Å². The Kier molecular flexibility index (Phi) is 4.49. The molecule has 1 aromatic heterocycles. The number of rotatable bonds is 3. The zero-order chi connectivity index (χ0) is 15.7. The van der Waals surface area contributed by atoms with Crippen molar-refractivity contribution in [1.82, 2.24) is 19.4 Å². The predicted octanol–water partition coefficient (Wildman–Crippen LogP) is 1.05. The molecular weight excluding hydrogens is 280 g/mol. The summed E-state index contributed by atoms with van der Waals surface area (Å²) in [6.45, 7) is 8.31. The SMILES string of the molecule is CCN1CCN(C(=O)C2OCCC2C)CC1c1nccn1C.